The summed E-state index contributed by atoms with van der Waals surface area (Å²) in [5.41, 5.74) is 1.61. The number of amides is 2. The lowest BCUT2D eigenvalue weighted by Crippen LogP contribution is -2.43. The molecule has 5 nitrogen and oxygen atoms in total. The number of carbonyl (C=O) groups excluding carboxylic acids is 3. The molecule has 0 radical (unpaired) electrons. The highest BCUT2D eigenvalue weighted by atomic mass is 35.5. The maximum Gasteiger partial charge on any atom is 0.228 e. The van der Waals surface area contributed by atoms with E-state index in [9.17, 15) is 14.4 Å². The Morgan fingerprint density at radius 1 is 1.27 bits per heavy atom. The maximum atomic E-state index is 12.4. The number of hydrogen-bond acceptors (Lipinski definition) is 3. The molecule has 1 aromatic carbocycles. The molecule has 0 saturated carbocycles. The lowest BCUT2D eigenvalue weighted by Gasteiger charge is -2.36. The van der Waals surface area contributed by atoms with Gasteiger partial charge in [-0.1, -0.05) is 43.1 Å². The summed E-state index contributed by atoms with van der Waals surface area (Å²) in [6.45, 7) is 4.02. The monoisotopic (exact) mass is 394 g/mol. The molecule has 0 fully saturated rings. The van der Waals surface area contributed by atoms with Crippen LogP contribution in [0.5, 0.6) is 0 Å². The van der Waals surface area contributed by atoms with Crippen LogP contribution < -0.4 is 10.6 Å². The van der Waals surface area contributed by atoms with Gasteiger partial charge in [-0.25, -0.2) is 0 Å². The van der Waals surface area contributed by atoms with E-state index in [1.165, 1.54) is 0 Å². The first-order valence-electron chi connectivity index (χ1n) is 8.46. The number of benzene rings is 1. The minimum Gasteiger partial charge on any atom is -0.329 e. The van der Waals surface area contributed by atoms with Gasteiger partial charge in [-0.2, -0.15) is 0 Å². The minimum absolute atomic E-state index is 0.0257. The van der Waals surface area contributed by atoms with Crippen LogP contribution in [0.15, 0.2) is 29.5 Å². The molecule has 138 valence electrons. The lowest BCUT2D eigenvalue weighted by molar-refractivity contribution is -0.129. The molecule has 1 heterocycles. The molecule has 1 aliphatic carbocycles. The van der Waals surface area contributed by atoms with Gasteiger partial charge in [0.2, 0.25) is 11.8 Å². The van der Waals surface area contributed by atoms with E-state index in [1.807, 2.05) is 13.8 Å². The Morgan fingerprint density at radius 3 is 2.73 bits per heavy atom. The highest BCUT2D eigenvalue weighted by molar-refractivity contribution is 6.44. The van der Waals surface area contributed by atoms with Crippen molar-refractivity contribution < 1.29 is 14.4 Å². The van der Waals surface area contributed by atoms with E-state index in [0.717, 1.165) is 0 Å². The molecule has 2 amide bonds. The molecular formula is C19H20Cl2N2O3. The molecule has 0 spiro atoms. The highest BCUT2D eigenvalue weighted by Gasteiger charge is 2.39. The molecule has 1 unspecified atom stereocenters. The fraction of sp³-hybridized carbons (Fsp3) is 0.421. The van der Waals surface area contributed by atoms with Crippen molar-refractivity contribution in [2.45, 2.75) is 39.5 Å². The second-order valence-electron chi connectivity index (χ2n) is 7.64. The van der Waals surface area contributed by atoms with Crippen molar-refractivity contribution >= 4 is 46.5 Å². The van der Waals surface area contributed by atoms with Gasteiger partial charge in [-0.3, -0.25) is 14.4 Å². The zero-order valence-electron chi connectivity index (χ0n) is 14.6. The molecule has 0 aromatic heterocycles. The maximum absolute atomic E-state index is 12.4. The van der Waals surface area contributed by atoms with Gasteiger partial charge < -0.3 is 10.6 Å². The number of Topliss-reactive ketones (excluding diaryl/α,β-unsaturated/α-hetero) is 1. The van der Waals surface area contributed by atoms with Gasteiger partial charge in [-0.05, 0) is 30.4 Å². The molecule has 7 heteroatoms. The fourth-order valence-electron chi connectivity index (χ4n) is 3.49. The van der Waals surface area contributed by atoms with E-state index >= 15 is 0 Å². The van der Waals surface area contributed by atoms with E-state index in [4.69, 9.17) is 23.2 Å². The van der Waals surface area contributed by atoms with Crippen LogP contribution in [0.2, 0.25) is 10.0 Å². The molecule has 2 aliphatic rings. The number of nitrogens with one attached hydrogen (secondary N) is 2. The Bertz CT molecular complexity index is 830. The summed E-state index contributed by atoms with van der Waals surface area (Å²) in [4.78, 5) is 37.1. The average Bonchev–Trinajstić information content (AvgIpc) is 2.52. The molecular weight excluding hydrogens is 375 g/mol. The van der Waals surface area contributed by atoms with Crippen LogP contribution in [0.25, 0.3) is 0 Å². The number of ketones is 1. The third-order valence-electron chi connectivity index (χ3n) is 4.75. The number of hydrogen-bond donors (Lipinski definition) is 2. The first kappa shape index (κ1) is 18.9. The molecule has 1 aliphatic heterocycles. The van der Waals surface area contributed by atoms with Crippen molar-refractivity contribution in [3.05, 3.63) is 39.5 Å². The average molecular weight is 395 g/mol. The summed E-state index contributed by atoms with van der Waals surface area (Å²) in [6, 6.07) is 4.94. The summed E-state index contributed by atoms with van der Waals surface area (Å²) in [5, 5.41) is 6.11. The van der Waals surface area contributed by atoms with Crippen molar-refractivity contribution in [2.24, 2.45) is 11.3 Å². The third kappa shape index (κ3) is 3.94. The Kier molecular flexibility index (Phi) is 5.13. The molecule has 0 bridgehead atoms. The molecule has 0 saturated heterocycles. The van der Waals surface area contributed by atoms with E-state index < -0.39 is 5.92 Å². The number of carbonyl (C=O) groups is 3. The van der Waals surface area contributed by atoms with Crippen LogP contribution in [0.3, 0.4) is 0 Å². The normalized spacial score (nSPS) is 21.9. The molecule has 3 rings (SSSR count). The number of allylic oxidation sites excluding steroid dienone is 2. The predicted octanol–water partition coefficient (Wildman–Crippen LogP) is 4.10. The van der Waals surface area contributed by atoms with E-state index in [-0.39, 0.29) is 34.5 Å². The third-order valence-corrected chi connectivity index (χ3v) is 5.57. The second-order valence-corrected chi connectivity index (χ2v) is 8.43. The van der Waals surface area contributed by atoms with Crippen LogP contribution in [-0.2, 0) is 14.4 Å². The Labute approximate surface area is 162 Å². The Morgan fingerprint density at radius 2 is 2.00 bits per heavy atom. The quantitative estimate of drug-likeness (QED) is 0.809. The number of rotatable bonds is 3. The van der Waals surface area contributed by atoms with Gasteiger partial charge in [-0.15, -0.1) is 0 Å². The van der Waals surface area contributed by atoms with Crippen LogP contribution in [-0.4, -0.2) is 17.6 Å². The molecule has 26 heavy (non-hydrogen) atoms. The van der Waals surface area contributed by atoms with Crippen LogP contribution >= 0.6 is 23.2 Å². The lowest BCUT2D eigenvalue weighted by atomic mass is 9.72. The van der Waals surface area contributed by atoms with Crippen LogP contribution in [0.1, 0.15) is 39.5 Å². The van der Waals surface area contributed by atoms with E-state index in [1.54, 1.807) is 18.2 Å². The minimum atomic E-state index is -0.572. The predicted molar refractivity (Wildman–Crippen MR) is 101 cm³/mol. The summed E-state index contributed by atoms with van der Waals surface area (Å²) in [6.07, 6.45) is 1.39. The van der Waals surface area contributed by atoms with Crippen molar-refractivity contribution in [3.8, 4) is 0 Å². The zero-order chi connectivity index (χ0) is 19.1. The SMILES string of the molecule is CC1(C)CC(=O)C2=C(C1)NC(=O)C(CC(=O)Nc1cccc(Cl)c1Cl)C2. The standard InChI is InChI=1S/C19H20Cl2N2O3/c1-19(2)8-14-11(15(24)9-19)6-10(18(26)23-14)7-16(25)22-13-5-3-4-12(20)17(13)21/h3-5,10H,6-9H2,1-2H3,(H,22,25)(H,23,26). The smallest absolute Gasteiger partial charge is 0.228 e. The summed E-state index contributed by atoms with van der Waals surface area (Å²) >= 11 is 12.0. The largest absolute Gasteiger partial charge is 0.329 e. The summed E-state index contributed by atoms with van der Waals surface area (Å²) in [5.74, 6) is -1.08. The molecule has 1 aromatic rings. The number of anilines is 1. The van der Waals surface area contributed by atoms with Gasteiger partial charge in [0.25, 0.3) is 0 Å². The second kappa shape index (κ2) is 7.05. The van der Waals surface area contributed by atoms with Crippen LogP contribution in [0, 0.1) is 11.3 Å². The first-order chi connectivity index (χ1) is 12.2. The van der Waals surface area contributed by atoms with E-state index in [2.05, 4.69) is 10.6 Å². The van der Waals surface area contributed by atoms with Gasteiger partial charge in [0.15, 0.2) is 5.78 Å². The fourth-order valence-corrected chi connectivity index (χ4v) is 3.84. The van der Waals surface area contributed by atoms with Crippen molar-refractivity contribution in [1.29, 1.82) is 0 Å². The van der Waals surface area contributed by atoms with E-state index in [0.29, 0.717) is 41.2 Å². The Hall–Kier alpha value is -1.85. The molecule has 1 atom stereocenters. The first-order valence-corrected chi connectivity index (χ1v) is 9.22. The van der Waals surface area contributed by atoms with Gasteiger partial charge in [0.1, 0.15) is 0 Å². The summed E-state index contributed by atoms with van der Waals surface area (Å²) in [7, 11) is 0. The van der Waals surface area contributed by atoms with Crippen molar-refractivity contribution in [1.82, 2.24) is 5.32 Å². The highest BCUT2D eigenvalue weighted by Crippen LogP contribution is 2.40. The topological polar surface area (TPSA) is 75.3 Å². The number of halogens is 2. The Balaban J connectivity index is 1.70. The zero-order valence-corrected chi connectivity index (χ0v) is 16.1. The van der Waals surface area contributed by atoms with Gasteiger partial charge in [0.05, 0.1) is 21.7 Å². The van der Waals surface area contributed by atoms with Crippen molar-refractivity contribution in [3.63, 3.8) is 0 Å². The van der Waals surface area contributed by atoms with Crippen LogP contribution in [0.4, 0.5) is 5.69 Å². The molecule has 2 N–H and O–H groups in total. The van der Waals surface area contributed by atoms with Crippen molar-refractivity contribution in [2.75, 3.05) is 5.32 Å². The summed E-state index contributed by atoms with van der Waals surface area (Å²) < 4.78 is 0. The van der Waals surface area contributed by atoms with Gasteiger partial charge >= 0.3 is 0 Å². The van der Waals surface area contributed by atoms with Gasteiger partial charge in [0, 0.05) is 24.1 Å².